The second kappa shape index (κ2) is 7.14. The smallest absolute Gasteiger partial charge is 0.286 e. The lowest BCUT2D eigenvalue weighted by Crippen LogP contribution is -2.39. The molecule has 0 unspecified atom stereocenters. The molecule has 2 aromatic rings. The van der Waals surface area contributed by atoms with Crippen molar-refractivity contribution >= 4 is 19.8 Å². The molecule has 0 aliphatic rings. The predicted molar refractivity (Wildman–Crippen MR) is 102 cm³/mol. The van der Waals surface area contributed by atoms with E-state index in [9.17, 15) is 4.79 Å². The van der Waals surface area contributed by atoms with Crippen molar-refractivity contribution in [3.05, 3.63) is 71.8 Å². The molecule has 0 aliphatic heterocycles. The quantitative estimate of drug-likeness (QED) is 0.321. The summed E-state index contributed by atoms with van der Waals surface area (Å²) in [4.78, 5) is 12.9. The summed E-state index contributed by atoms with van der Waals surface area (Å²) in [5.74, 6) is -0.125. The van der Waals surface area contributed by atoms with Crippen molar-refractivity contribution in [1.82, 2.24) is 0 Å². The number of Topliss-reactive ketones (excluding diaryl/α,β-unsaturated/α-hetero) is 1. The zero-order valence-electron chi connectivity index (χ0n) is 15.0. The van der Waals surface area contributed by atoms with Crippen LogP contribution in [0.4, 0.5) is 0 Å². The van der Waals surface area contributed by atoms with Crippen molar-refractivity contribution in [2.75, 3.05) is 0 Å². The zero-order chi connectivity index (χ0) is 17.8. The van der Waals surface area contributed by atoms with Crippen LogP contribution in [0, 0.1) is 0 Å². The summed E-state index contributed by atoms with van der Waals surface area (Å²) in [6.45, 7) is 10.7. The minimum atomic E-state index is -2.09. The molecule has 0 N–H and O–H groups in total. The number of rotatable bonds is 5. The molecule has 126 valence electrons. The zero-order valence-corrected chi connectivity index (χ0v) is 16.0. The van der Waals surface area contributed by atoms with Crippen molar-refractivity contribution in [2.24, 2.45) is 5.16 Å². The largest absolute Gasteiger partial charge is 0.454 e. The molecule has 0 spiro atoms. The van der Waals surface area contributed by atoms with Gasteiger partial charge in [0, 0.05) is 11.1 Å². The summed E-state index contributed by atoms with van der Waals surface area (Å²) in [7, 11) is -2.09. The van der Waals surface area contributed by atoms with Gasteiger partial charge in [0.25, 0.3) is 8.32 Å². The minimum Gasteiger partial charge on any atom is -0.454 e. The number of nitrogens with zero attached hydrogens (tertiary/aromatic N) is 1. The van der Waals surface area contributed by atoms with Crippen molar-refractivity contribution < 1.29 is 9.32 Å². The van der Waals surface area contributed by atoms with Gasteiger partial charge in [-0.25, -0.2) is 0 Å². The molecule has 0 atom stereocenters. The van der Waals surface area contributed by atoms with Crippen LogP contribution >= 0.6 is 0 Å². The Balaban J connectivity index is 2.41. The Bertz CT molecular complexity index is 716. The van der Waals surface area contributed by atoms with E-state index >= 15 is 0 Å². The number of hydrogen-bond donors (Lipinski definition) is 0. The van der Waals surface area contributed by atoms with Gasteiger partial charge in [-0.05, 0) is 18.1 Å². The summed E-state index contributed by atoms with van der Waals surface area (Å²) < 4.78 is 5.96. The maximum absolute atomic E-state index is 12.9. The monoisotopic (exact) mass is 339 g/mol. The van der Waals surface area contributed by atoms with Crippen LogP contribution in [0.5, 0.6) is 0 Å². The molecule has 0 fully saturated rings. The molecule has 0 heterocycles. The van der Waals surface area contributed by atoms with Crippen LogP contribution in [0.25, 0.3) is 0 Å². The minimum absolute atomic E-state index is 0.0219. The van der Waals surface area contributed by atoms with E-state index in [1.54, 1.807) is 12.1 Å². The van der Waals surface area contributed by atoms with Crippen LogP contribution in [-0.4, -0.2) is 19.8 Å². The number of benzene rings is 2. The molecule has 3 nitrogen and oxygen atoms in total. The summed E-state index contributed by atoms with van der Waals surface area (Å²) >= 11 is 0. The Kier molecular flexibility index (Phi) is 5.39. The lowest BCUT2D eigenvalue weighted by Gasteiger charge is -2.33. The lowest BCUT2D eigenvalue weighted by molar-refractivity contribution is 0.106. The molecule has 0 aromatic heterocycles. The van der Waals surface area contributed by atoms with Crippen molar-refractivity contribution in [3.8, 4) is 0 Å². The van der Waals surface area contributed by atoms with Gasteiger partial charge in [0.1, 0.15) is 0 Å². The fourth-order valence-electron chi connectivity index (χ4n) is 1.84. The molecule has 0 saturated carbocycles. The standard InChI is InChI=1S/C20H25NO2Si/c1-20(2,3)24(4,5)23-21-18(16-12-8-6-9-13-16)19(22)17-14-10-7-11-15-17/h6-15H,1-5H3. The number of oxime groups is 1. The molecular weight excluding hydrogens is 314 g/mol. The number of carbonyl (C=O) groups is 1. The maximum Gasteiger partial charge on any atom is 0.286 e. The average molecular weight is 340 g/mol. The maximum atomic E-state index is 12.9. The van der Waals surface area contributed by atoms with Crippen molar-refractivity contribution in [2.45, 2.75) is 38.9 Å². The molecule has 4 heteroatoms. The van der Waals surface area contributed by atoms with E-state index in [0.717, 1.165) is 5.56 Å². The molecule has 0 aliphatic carbocycles. The van der Waals surface area contributed by atoms with E-state index in [-0.39, 0.29) is 10.8 Å². The molecule has 0 bridgehead atoms. The molecule has 0 radical (unpaired) electrons. The van der Waals surface area contributed by atoms with Gasteiger partial charge in [-0.3, -0.25) is 4.79 Å². The van der Waals surface area contributed by atoms with Crippen LogP contribution in [0.3, 0.4) is 0 Å². The number of ketones is 1. The first-order valence-electron chi connectivity index (χ1n) is 8.14. The molecule has 2 rings (SSSR count). The molecule has 0 saturated heterocycles. The average Bonchev–Trinajstić information content (AvgIpc) is 2.55. The van der Waals surface area contributed by atoms with Crippen LogP contribution in [-0.2, 0) is 4.53 Å². The first-order valence-corrected chi connectivity index (χ1v) is 11.0. The van der Waals surface area contributed by atoms with E-state index in [2.05, 4.69) is 39.0 Å². The first kappa shape index (κ1) is 18.1. The Morgan fingerprint density at radius 3 is 1.79 bits per heavy atom. The third kappa shape index (κ3) is 4.20. The fourth-order valence-corrected chi connectivity index (χ4v) is 2.44. The van der Waals surface area contributed by atoms with Gasteiger partial charge in [-0.2, -0.15) is 0 Å². The summed E-state index contributed by atoms with van der Waals surface area (Å²) in [6.07, 6.45) is 0. The summed E-state index contributed by atoms with van der Waals surface area (Å²) in [6, 6.07) is 18.7. The highest BCUT2D eigenvalue weighted by Gasteiger charge is 2.40. The molecule has 2 aromatic carbocycles. The lowest BCUT2D eigenvalue weighted by atomic mass is 10.0. The summed E-state index contributed by atoms with van der Waals surface area (Å²) in [5.41, 5.74) is 1.73. The SMILES string of the molecule is CC(C)(C)[Si](C)(C)ON=C(C(=O)c1ccccc1)c1ccccc1. The Hall–Kier alpha value is -2.20. The molecular formula is C20H25NO2Si. The Morgan fingerprint density at radius 2 is 1.33 bits per heavy atom. The van der Waals surface area contributed by atoms with Gasteiger partial charge in [0.05, 0.1) is 0 Å². The van der Waals surface area contributed by atoms with E-state index in [0.29, 0.717) is 11.3 Å². The summed E-state index contributed by atoms with van der Waals surface area (Å²) in [5, 5.41) is 4.36. The van der Waals surface area contributed by atoms with Crippen LogP contribution in [0.2, 0.25) is 18.1 Å². The van der Waals surface area contributed by atoms with E-state index < -0.39 is 8.32 Å². The molecule has 24 heavy (non-hydrogen) atoms. The van der Waals surface area contributed by atoms with Crippen molar-refractivity contribution in [3.63, 3.8) is 0 Å². The van der Waals surface area contributed by atoms with Gasteiger partial charge >= 0.3 is 0 Å². The van der Waals surface area contributed by atoms with Gasteiger partial charge in [-0.15, -0.1) is 0 Å². The van der Waals surface area contributed by atoms with E-state index in [4.69, 9.17) is 4.53 Å². The highest BCUT2D eigenvalue weighted by molar-refractivity contribution is 6.74. The Morgan fingerprint density at radius 1 is 0.875 bits per heavy atom. The highest BCUT2D eigenvalue weighted by atomic mass is 28.4. The second-order valence-electron chi connectivity index (χ2n) is 7.35. The topological polar surface area (TPSA) is 38.7 Å². The third-order valence-corrected chi connectivity index (χ3v) is 8.63. The van der Waals surface area contributed by atoms with Gasteiger partial charge in [-0.1, -0.05) is 86.6 Å². The Labute approximate surface area is 145 Å². The van der Waals surface area contributed by atoms with E-state index in [1.165, 1.54) is 0 Å². The fraction of sp³-hybridized carbons (Fsp3) is 0.300. The number of hydrogen-bond acceptors (Lipinski definition) is 3. The van der Waals surface area contributed by atoms with Crippen LogP contribution in [0.15, 0.2) is 65.8 Å². The van der Waals surface area contributed by atoms with Crippen LogP contribution < -0.4 is 0 Å². The van der Waals surface area contributed by atoms with Crippen LogP contribution in [0.1, 0.15) is 36.7 Å². The highest BCUT2D eigenvalue weighted by Crippen LogP contribution is 2.36. The van der Waals surface area contributed by atoms with Crippen molar-refractivity contribution in [1.29, 1.82) is 0 Å². The number of carbonyl (C=O) groups excluding carboxylic acids is 1. The van der Waals surface area contributed by atoms with Gasteiger partial charge in [0.15, 0.2) is 5.71 Å². The predicted octanol–water partition coefficient (Wildman–Crippen LogP) is 5.30. The molecule has 0 amide bonds. The second-order valence-corrected chi connectivity index (χ2v) is 12.1. The first-order chi connectivity index (χ1) is 11.2. The van der Waals surface area contributed by atoms with Gasteiger partial charge in [0.2, 0.25) is 5.78 Å². The van der Waals surface area contributed by atoms with E-state index in [1.807, 2.05) is 48.5 Å². The third-order valence-electron chi connectivity index (χ3n) is 4.47. The normalized spacial score (nSPS) is 12.8. The van der Waals surface area contributed by atoms with Gasteiger partial charge < -0.3 is 4.53 Å².